The highest BCUT2D eigenvalue weighted by molar-refractivity contribution is 5.20. The Balaban J connectivity index is 1.72. The van der Waals surface area contributed by atoms with Gasteiger partial charge in [-0.3, -0.25) is 0 Å². The maximum atomic E-state index is 6.01. The van der Waals surface area contributed by atoms with Crippen molar-refractivity contribution in [3.8, 4) is 0 Å². The average molecular weight is 291 g/mol. The molecule has 21 heavy (non-hydrogen) atoms. The Morgan fingerprint density at radius 2 is 1.86 bits per heavy atom. The third-order valence-electron chi connectivity index (χ3n) is 4.84. The molecule has 0 bridgehead atoms. The first kappa shape index (κ1) is 15.0. The van der Waals surface area contributed by atoms with Gasteiger partial charge in [0.05, 0.1) is 29.1 Å². The van der Waals surface area contributed by atoms with Gasteiger partial charge in [0.25, 0.3) is 0 Å². The van der Waals surface area contributed by atoms with Gasteiger partial charge in [-0.25, -0.2) is 4.68 Å². The number of aromatic nitrogens is 3. The molecule has 3 rings (SSSR count). The Bertz CT molecular complexity index is 521. The average Bonchev–Trinajstić information content (AvgIpc) is 2.87. The van der Waals surface area contributed by atoms with Gasteiger partial charge in [0.1, 0.15) is 0 Å². The third-order valence-corrected chi connectivity index (χ3v) is 4.84. The zero-order valence-electron chi connectivity index (χ0n) is 14.3. The molecule has 1 aromatic rings. The molecule has 1 saturated carbocycles. The van der Waals surface area contributed by atoms with Crippen molar-refractivity contribution >= 4 is 0 Å². The van der Waals surface area contributed by atoms with E-state index in [-0.39, 0.29) is 11.1 Å². The van der Waals surface area contributed by atoms with Crippen LogP contribution in [0.1, 0.15) is 59.4 Å². The van der Waals surface area contributed by atoms with Crippen LogP contribution in [0.5, 0.6) is 0 Å². The van der Waals surface area contributed by atoms with Gasteiger partial charge >= 0.3 is 0 Å². The lowest BCUT2D eigenvalue weighted by molar-refractivity contribution is -0.0122. The van der Waals surface area contributed by atoms with Crippen molar-refractivity contribution in [3.63, 3.8) is 0 Å². The highest BCUT2D eigenvalue weighted by Gasteiger charge is 2.51. The van der Waals surface area contributed by atoms with Crippen LogP contribution < -0.4 is 0 Å². The first-order valence-electron chi connectivity index (χ1n) is 8.25. The van der Waals surface area contributed by atoms with Crippen LogP contribution in [0.15, 0.2) is 0 Å². The first-order chi connectivity index (χ1) is 9.67. The normalized spacial score (nSPS) is 28.8. The van der Waals surface area contributed by atoms with Gasteiger partial charge < -0.3 is 4.74 Å². The van der Waals surface area contributed by atoms with Crippen LogP contribution in [-0.2, 0) is 23.1 Å². The fraction of sp³-hybridized carbons (Fsp3) is 0.882. The number of aryl methyl sites for hydroxylation is 1. The second kappa shape index (κ2) is 4.80. The van der Waals surface area contributed by atoms with Crippen molar-refractivity contribution in [2.24, 2.45) is 17.8 Å². The van der Waals surface area contributed by atoms with E-state index < -0.39 is 0 Å². The summed E-state index contributed by atoms with van der Waals surface area (Å²) in [5.41, 5.74) is 2.59. The lowest BCUT2D eigenvalue weighted by Gasteiger charge is -2.22. The predicted octanol–water partition coefficient (Wildman–Crippen LogP) is 3.20. The molecule has 2 aliphatic rings. The molecule has 0 radical (unpaired) electrons. The van der Waals surface area contributed by atoms with Crippen molar-refractivity contribution < 1.29 is 4.74 Å². The van der Waals surface area contributed by atoms with Crippen molar-refractivity contribution in [3.05, 3.63) is 11.4 Å². The van der Waals surface area contributed by atoms with Crippen molar-refractivity contribution in [1.29, 1.82) is 0 Å². The maximum Gasteiger partial charge on any atom is 0.0859 e. The van der Waals surface area contributed by atoms with Gasteiger partial charge in [-0.2, -0.15) is 0 Å². The maximum absolute atomic E-state index is 6.01. The quantitative estimate of drug-likeness (QED) is 0.840. The summed E-state index contributed by atoms with van der Waals surface area (Å²) in [6.07, 6.45) is 3.46. The molecule has 1 aromatic heterocycles. The van der Waals surface area contributed by atoms with Gasteiger partial charge in [0.15, 0.2) is 0 Å². The SMILES string of the molecule is CC(C)(C)OCC1C2CCc3nnn(C(C)(C)C)c3CC21. The molecule has 118 valence electrons. The van der Waals surface area contributed by atoms with Gasteiger partial charge in [-0.15, -0.1) is 5.10 Å². The number of nitrogens with zero attached hydrogens (tertiary/aromatic N) is 3. The van der Waals surface area contributed by atoms with E-state index in [1.54, 1.807) is 0 Å². The highest BCUT2D eigenvalue weighted by Crippen LogP contribution is 2.53. The van der Waals surface area contributed by atoms with Crippen LogP contribution >= 0.6 is 0 Å². The minimum Gasteiger partial charge on any atom is -0.376 e. The third kappa shape index (κ3) is 3.01. The number of ether oxygens (including phenoxy) is 1. The monoisotopic (exact) mass is 291 g/mol. The molecule has 3 unspecified atom stereocenters. The fourth-order valence-corrected chi connectivity index (χ4v) is 3.65. The predicted molar refractivity (Wildman–Crippen MR) is 83.2 cm³/mol. The topological polar surface area (TPSA) is 39.9 Å². The van der Waals surface area contributed by atoms with Gasteiger partial charge in [-0.1, -0.05) is 5.21 Å². The molecule has 0 saturated heterocycles. The Labute approximate surface area is 128 Å². The molecule has 4 nitrogen and oxygen atoms in total. The molecule has 1 fully saturated rings. The molecule has 0 spiro atoms. The summed E-state index contributed by atoms with van der Waals surface area (Å²) in [7, 11) is 0. The molecular formula is C17H29N3O. The summed E-state index contributed by atoms with van der Waals surface area (Å²) in [6, 6.07) is 0. The van der Waals surface area contributed by atoms with E-state index in [4.69, 9.17) is 4.74 Å². The number of hydrogen-bond donors (Lipinski definition) is 0. The second-order valence-electron chi connectivity index (χ2n) is 8.72. The van der Waals surface area contributed by atoms with Crippen LogP contribution in [0.2, 0.25) is 0 Å². The molecule has 4 heteroatoms. The number of rotatable bonds is 2. The lowest BCUT2D eigenvalue weighted by atomic mass is 10.1. The Hall–Kier alpha value is -0.900. The van der Waals surface area contributed by atoms with Crippen molar-refractivity contribution in [2.45, 2.75) is 71.9 Å². The van der Waals surface area contributed by atoms with Gasteiger partial charge in [0, 0.05) is 0 Å². The van der Waals surface area contributed by atoms with Crippen LogP contribution in [0, 0.1) is 17.8 Å². The summed E-state index contributed by atoms with van der Waals surface area (Å²) < 4.78 is 8.16. The van der Waals surface area contributed by atoms with E-state index in [0.717, 1.165) is 37.2 Å². The number of hydrogen-bond acceptors (Lipinski definition) is 3. The van der Waals surface area contributed by atoms with E-state index in [0.29, 0.717) is 0 Å². The van der Waals surface area contributed by atoms with Crippen molar-refractivity contribution in [1.82, 2.24) is 15.0 Å². The standard InChI is InChI=1S/C17H29N3O/c1-16(2,3)20-15-9-12-11(7-8-14(15)18-19-20)13(12)10-21-17(4,5)6/h11-13H,7-10H2,1-6H3. The first-order valence-corrected chi connectivity index (χ1v) is 8.25. The van der Waals surface area contributed by atoms with Crippen LogP contribution in [-0.4, -0.2) is 27.2 Å². The fourth-order valence-electron chi connectivity index (χ4n) is 3.65. The van der Waals surface area contributed by atoms with Crippen LogP contribution in [0.3, 0.4) is 0 Å². The van der Waals surface area contributed by atoms with Gasteiger partial charge in [0.2, 0.25) is 0 Å². The minimum absolute atomic E-state index is 0.0206. The molecular weight excluding hydrogens is 262 g/mol. The summed E-state index contributed by atoms with van der Waals surface area (Å²) in [5, 5.41) is 8.84. The second-order valence-corrected chi connectivity index (χ2v) is 8.72. The zero-order valence-corrected chi connectivity index (χ0v) is 14.3. The molecule has 0 aliphatic heterocycles. The summed E-state index contributed by atoms with van der Waals surface area (Å²) in [5.74, 6) is 2.34. The summed E-state index contributed by atoms with van der Waals surface area (Å²) in [4.78, 5) is 0. The zero-order chi connectivity index (χ0) is 15.4. The number of fused-ring (bicyclic) bond motifs is 2. The van der Waals surface area contributed by atoms with E-state index in [1.807, 2.05) is 0 Å². The smallest absolute Gasteiger partial charge is 0.0859 e. The van der Waals surface area contributed by atoms with Crippen LogP contribution in [0.4, 0.5) is 0 Å². The Morgan fingerprint density at radius 3 is 2.48 bits per heavy atom. The molecule has 1 heterocycles. The molecule has 2 aliphatic carbocycles. The summed E-state index contributed by atoms with van der Waals surface area (Å²) in [6.45, 7) is 13.9. The van der Waals surface area contributed by atoms with Gasteiger partial charge in [-0.05, 0) is 78.6 Å². The van der Waals surface area contributed by atoms with Crippen LogP contribution in [0.25, 0.3) is 0 Å². The van der Waals surface area contributed by atoms with Crippen molar-refractivity contribution in [2.75, 3.05) is 6.61 Å². The minimum atomic E-state index is -0.0261. The lowest BCUT2D eigenvalue weighted by Crippen LogP contribution is -2.26. The van der Waals surface area contributed by atoms with E-state index >= 15 is 0 Å². The van der Waals surface area contributed by atoms with E-state index in [9.17, 15) is 0 Å². The Kier molecular flexibility index (Phi) is 3.43. The summed E-state index contributed by atoms with van der Waals surface area (Å²) >= 11 is 0. The molecule has 3 atom stereocenters. The highest BCUT2D eigenvalue weighted by atomic mass is 16.5. The van der Waals surface area contributed by atoms with E-state index in [1.165, 1.54) is 17.8 Å². The van der Waals surface area contributed by atoms with E-state index in [2.05, 4.69) is 56.5 Å². The molecule has 0 amide bonds. The molecule has 0 N–H and O–H groups in total. The largest absolute Gasteiger partial charge is 0.376 e. The Morgan fingerprint density at radius 1 is 1.14 bits per heavy atom. The molecule has 0 aromatic carbocycles.